The van der Waals surface area contributed by atoms with Gasteiger partial charge in [-0.3, -0.25) is 9.89 Å². The van der Waals surface area contributed by atoms with E-state index < -0.39 is 5.56 Å². The Balaban J connectivity index is 2.53. The fraction of sp³-hybridized carbons (Fsp3) is 0.0909. The van der Waals surface area contributed by atoms with Crippen LogP contribution < -0.4 is 5.56 Å². The zero-order chi connectivity index (χ0) is 14.0. The summed E-state index contributed by atoms with van der Waals surface area (Å²) in [7, 11) is 0. The number of aromatic nitrogens is 3. The van der Waals surface area contributed by atoms with E-state index in [1.165, 1.54) is 6.21 Å². The normalized spacial score (nSPS) is 11.1. The Hall–Kier alpha value is -1.50. The number of benzene rings is 1. The molecule has 0 fully saturated rings. The number of halogens is 2. The molecule has 2 aromatic rings. The third-order valence-electron chi connectivity index (χ3n) is 2.32. The largest absolute Gasteiger partial charge is 0.296 e. The lowest BCUT2D eigenvalue weighted by Crippen LogP contribution is -2.22. The predicted molar refractivity (Wildman–Crippen MR) is 77.9 cm³/mol. The Kier molecular flexibility index (Phi) is 4.14. The molecule has 0 unspecified atom stereocenters. The Morgan fingerprint density at radius 1 is 1.42 bits per heavy atom. The Morgan fingerprint density at radius 3 is 2.68 bits per heavy atom. The summed E-state index contributed by atoms with van der Waals surface area (Å²) in [6, 6.07) is 5.07. The van der Waals surface area contributed by atoms with Crippen molar-refractivity contribution < 1.29 is 0 Å². The lowest BCUT2D eigenvalue weighted by molar-refractivity contribution is 0.720. The first-order chi connectivity index (χ1) is 9.00. The molecule has 1 N–H and O–H groups in total. The fourth-order valence-electron chi connectivity index (χ4n) is 1.33. The average molecular weight is 315 g/mol. The van der Waals surface area contributed by atoms with E-state index in [2.05, 4.69) is 15.3 Å². The van der Waals surface area contributed by atoms with Crippen LogP contribution in [0.3, 0.4) is 0 Å². The van der Waals surface area contributed by atoms with Crippen LogP contribution in [0.2, 0.25) is 10.0 Å². The summed E-state index contributed by atoms with van der Waals surface area (Å²) in [4.78, 5) is 11.8. The molecule has 0 aliphatic rings. The zero-order valence-corrected chi connectivity index (χ0v) is 12.1. The van der Waals surface area contributed by atoms with Crippen molar-refractivity contribution in [1.29, 1.82) is 0 Å². The second-order valence-electron chi connectivity index (χ2n) is 3.61. The van der Waals surface area contributed by atoms with Gasteiger partial charge in [0.2, 0.25) is 4.77 Å². The Bertz CT molecular complexity index is 746. The first-order valence-corrected chi connectivity index (χ1v) is 6.34. The lowest BCUT2D eigenvalue weighted by atomic mass is 10.2. The van der Waals surface area contributed by atoms with Crippen LogP contribution in [-0.4, -0.2) is 21.1 Å². The van der Waals surface area contributed by atoms with Gasteiger partial charge in [-0.05, 0) is 31.3 Å². The zero-order valence-electron chi connectivity index (χ0n) is 9.72. The SMILES string of the molecule is Cc1n[nH]c(=S)n(N=Cc2c(Cl)cccc2Cl)c1=O. The van der Waals surface area contributed by atoms with E-state index in [4.69, 9.17) is 35.4 Å². The number of nitrogens with zero attached hydrogens (tertiary/aromatic N) is 3. The first-order valence-electron chi connectivity index (χ1n) is 5.17. The summed E-state index contributed by atoms with van der Waals surface area (Å²) >= 11 is 16.9. The smallest absolute Gasteiger partial charge is 0.265 e. The second-order valence-corrected chi connectivity index (χ2v) is 4.81. The van der Waals surface area contributed by atoms with Crippen molar-refractivity contribution in [2.24, 2.45) is 5.10 Å². The van der Waals surface area contributed by atoms with Crippen LogP contribution in [-0.2, 0) is 0 Å². The summed E-state index contributed by atoms with van der Waals surface area (Å²) in [6.07, 6.45) is 1.38. The number of rotatable bonds is 2. The molecule has 2 rings (SSSR count). The van der Waals surface area contributed by atoms with Gasteiger partial charge in [0, 0.05) is 5.56 Å². The van der Waals surface area contributed by atoms with Crippen LogP contribution >= 0.6 is 35.4 Å². The van der Waals surface area contributed by atoms with E-state index in [-0.39, 0.29) is 10.5 Å². The van der Waals surface area contributed by atoms with Crippen molar-refractivity contribution in [2.45, 2.75) is 6.92 Å². The maximum absolute atomic E-state index is 11.8. The van der Waals surface area contributed by atoms with Crippen LogP contribution in [0.25, 0.3) is 0 Å². The van der Waals surface area contributed by atoms with Crippen LogP contribution in [0.5, 0.6) is 0 Å². The summed E-state index contributed by atoms with van der Waals surface area (Å²) < 4.78 is 1.12. The monoisotopic (exact) mass is 314 g/mol. The van der Waals surface area contributed by atoms with Crippen molar-refractivity contribution in [3.8, 4) is 0 Å². The van der Waals surface area contributed by atoms with Crippen molar-refractivity contribution >= 4 is 41.6 Å². The lowest BCUT2D eigenvalue weighted by Gasteiger charge is -2.02. The summed E-state index contributed by atoms with van der Waals surface area (Å²) in [5, 5.41) is 11.1. The molecule has 98 valence electrons. The van der Waals surface area contributed by atoms with E-state index in [1.807, 2.05) is 0 Å². The predicted octanol–water partition coefficient (Wildman–Crippen LogP) is 2.80. The maximum atomic E-state index is 11.8. The number of nitrogens with one attached hydrogen (secondary N) is 1. The Morgan fingerprint density at radius 2 is 2.05 bits per heavy atom. The molecule has 19 heavy (non-hydrogen) atoms. The van der Waals surface area contributed by atoms with Gasteiger partial charge in [-0.15, -0.1) is 0 Å². The number of aromatic amines is 1. The van der Waals surface area contributed by atoms with E-state index >= 15 is 0 Å². The van der Waals surface area contributed by atoms with E-state index in [9.17, 15) is 4.79 Å². The van der Waals surface area contributed by atoms with Crippen LogP contribution in [0.4, 0.5) is 0 Å². The molecule has 0 atom stereocenters. The van der Waals surface area contributed by atoms with Gasteiger partial charge in [-0.1, -0.05) is 29.3 Å². The number of aryl methyl sites for hydroxylation is 1. The van der Waals surface area contributed by atoms with Crippen molar-refractivity contribution in [3.63, 3.8) is 0 Å². The molecule has 1 aromatic heterocycles. The highest BCUT2D eigenvalue weighted by atomic mass is 35.5. The molecule has 5 nitrogen and oxygen atoms in total. The molecule has 0 aliphatic heterocycles. The number of hydrogen-bond donors (Lipinski definition) is 1. The van der Waals surface area contributed by atoms with Crippen LogP contribution in [0.15, 0.2) is 28.1 Å². The van der Waals surface area contributed by atoms with Crippen molar-refractivity contribution in [3.05, 3.63) is 54.6 Å². The molecule has 0 saturated heterocycles. The van der Waals surface area contributed by atoms with E-state index in [0.717, 1.165) is 4.68 Å². The molecule has 0 spiro atoms. The second kappa shape index (κ2) is 5.64. The van der Waals surface area contributed by atoms with Gasteiger partial charge in [-0.2, -0.15) is 14.9 Å². The average Bonchev–Trinajstić information content (AvgIpc) is 2.37. The van der Waals surface area contributed by atoms with Gasteiger partial charge in [0.15, 0.2) is 0 Å². The molecular weight excluding hydrogens is 307 g/mol. The molecule has 0 amide bonds. The molecule has 1 heterocycles. The van der Waals surface area contributed by atoms with E-state index in [1.54, 1.807) is 25.1 Å². The first kappa shape index (κ1) is 13.9. The molecular formula is C11H8Cl2N4OS. The number of hydrogen-bond acceptors (Lipinski definition) is 4. The fourth-order valence-corrected chi connectivity index (χ4v) is 2.00. The molecule has 0 bridgehead atoms. The molecule has 0 radical (unpaired) electrons. The van der Waals surface area contributed by atoms with Gasteiger partial charge in [0.05, 0.1) is 16.3 Å². The topological polar surface area (TPSA) is 63.0 Å². The van der Waals surface area contributed by atoms with Crippen molar-refractivity contribution in [2.75, 3.05) is 0 Å². The van der Waals surface area contributed by atoms with Crippen molar-refractivity contribution in [1.82, 2.24) is 14.9 Å². The van der Waals surface area contributed by atoms with Crippen LogP contribution in [0, 0.1) is 11.7 Å². The molecule has 0 saturated carbocycles. The minimum Gasteiger partial charge on any atom is -0.265 e. The third kappa shape index (κ3) is 2.91. The minimum absolute atomic E-state index is 0.0926. The van der Waals surface area contributed by atoms with Gasteiger partial charge in [0.25, 0.3) is 5.56 Å². The summed E-state index contributed by atoms with van der Waals surface area (Å²) in [5.41, 5.74) is 0.376. The highest BCUT2D eigenvalue weighted by Gasteiger charge is 2.04. The third-order valence-corrected chi connectivity index (χ3v) is 3.24. The number of H-pyrrole nitrogens is 1. The highest BCUT2D eigenvalue weighted by molar-refractivity contribution is 7.71. The van der Waals surface area contributed by atoms with Gasteiger partial charge in [0.1, 0.15) is 5.69 Å². The summed E-state index contributed by atoms with van der Waals surface area (Å²) in [6.45, 7) is 1.56. The van der Waals surface area contributed by atoms with Gasteiger partial charge >= 0.3 is 0 Å². The standard InChI is InChI=1S/C11H8Cl2N4OS/c1-6-10(18)17(11(19)16-15-6)14-5-7-8(12)3-2-4-9(7)13/h2-5H,1H3,(H,16,19). The highest BCUT2D eigenvalue weighted by Crippen LogP contribution is 2.22. The molecule has 8 heteroatoms. The molecule has 1 aromatic carbocycles. The maximum Gasteiger partial charge on any atom is 0.296 e. The molecule has 0 aliphatic carbocycles. The van der Waals surface area contributed by atoms with Gasteiger partial charge < -0.3 is 0 Å². The quantitative estimate of drug-likeness (QED) is 0.685. The van der Waals surface area contributed by atoms with Gasteiger partial charge in [-0.25, -0.2) is 0 Å². The minimum atomic E-state index is -0.400. The van der Waals surface area contributed by atoms with Crippen LogP contribution in [0.1, 0.15) is 11.3 Å². The Labute approximate surface area is 123 Å². The summed E-state index contributed by atoms with van der Waals surface area (Å²) in [5.74, 6) is 0. The van der Waals surface area contributed by atoms with E-state index in [0.29, 0.717) is 15.6 Å².